The van der Waals surface area contributed by atoms with Crippen molar-refractivity contribution in [3.05, 3.63) is 23.8 Å². The van der Waals surface area contributed by atoms with Gasteiger partial charge >= 0.3 is 0 Å². The van der Waals surface area contributed by atoms with Crippen LogP contribution in [0.5, 0.6) is 5.75 Å². The highest BCUT2D eigenvalue weighted by Crippen LogP contribution is 2.23. The summed E-state index contributed by atoms with van der Waals surface area (Å²) in [7, 11) is -2.27. The van der Waals surface area contributed by atoms with Crippen LogP contribution in [0, 0.1) is 6.92 Å². The quantitative estimate of drug-likeness (QED) is 0.782. The van der Waals surface area contributed by atoms with Gasteiger partial charge in [-0.05, 0) is 30.7 Å². The Bertz CT molecular complexity index is 470. The number of sulfone groups is 1. The second kappa shape index (κ2) is 4.82. The molecule has 3 N–H and O–H groups in total. The Kier molecular flexibility index (Phi) is 3.90. The van der Waals surface area contributed by atoms with E-state index in [-0.39, 0.29) is 11.4 Å². The molecule has 90 valence electrons. The maximum Gasteiger partial charge on any atom is 0.206 e. The molecule has 0 radical (unpaired) electrons. The van der Waals surface area contributed by atoms with Crippen molar-refractivity contribution < 1.29 is 18.3 Å². The summed E-state index contributed by atoms with van der Waals surface area (Å²) in [5.41, 5.74) is 4.10. The zero-order chi connectivity index (χ0) is 12.3. The van der Waals surface area contributed by atoms with Gasteiger partial charge in [0.15, 0.2) is 5.44 Å². The van der Waals surface area contributed by atoms with Gasteiger partial charge in [-0.1, -0.05) is 0 Å². The molecule has 0 heterocycles. The molecule has 1 unspecified atom stereocenters. The molecule has 0 aliphatic heterocycles. The first-order valence-electron chi connectivity index (χ1n) is 4.70. The molecule has 1 aromatic carbocycles. The minimum absolute atomic E-state index is 0.0752. The van der Waals surface area contributed by atoms with E-state index in [2.05, 4.69) is 0 Å². The Labute approximate surface area is 94.8 Å². The second-order valence-corrected chi connectivity index (χ2v) is 5.44. The molecule has 1 rings (SSSR count). The van der Waals surface area contributed by atoms with E-state index in [1.165, 1.54) is 19.2 Å². The van der Waals surface area contributed by atoms with Gasteiger partial charge < -0.3 is 15.6 Å². The molecule has 0 spiro atoms. The molecule has 0 saturated carbocycles. The van der Waals surface area contributed by atoms with Gasteiger partial charge in [-0.2, -0.15) is 0 Å². The first kappa shape index (κ1) is 13.0. The summed E-state index contributed by atoms with van der Waals surface area (Å²) in [6.07, 6.45) is 0. The Morgan fingerprint density at radius 1 is 1.50 bits per heavy atom. The SMILES string of the molecule is COc1ccc(S(=O)(=O)C(O)CN)c(C)c1. The van der Waals surface area contributed by atoms with Crippen molar-refractivity contribution in [1.82, 2.24) is 0 Å². The molecular formula is C10H15NO4S. The molecule has 1 atom stereocenters. The maximum atomic E-state index is 11.8. The van der Waals surface area contributed by atoms with Gasteiger partial charge in [0, 0.05) is 6.54 Å². The Hall–Kier alpha value is -1.11. The van der Waals surface area contributed by atoms with Crippen LogP contribution in [0.4, 0.5) is 0 Å². The third-order valence-electron chi connectivity index (χ3n) is 2.25. The molecule has 16 heavy (non-hydrogen) atoms. The number of nitrogens with two attached hydrogens (primary N) is 1. The third kappa shape index (κ3) is 2.34. The van der Waals surface area contributed by atoms with Gasteiger partial charge in [0.1, 0.15) is 5.75 Å². The molecule has 1 aromatic rings. The number of aliphatic hydroxyl groups excluding tert-OH is 1. The maximum absolute atomic E-state index is 11.8. The summed E-state index contributed by atoms with van der Waals surface area (Å²) >= 11 is 0. The van der Waals surface area contributed by atoms with E-state index in [0.29, 0.717) is 11.3 Å². The van der Waals surface area contributed by atoms with Gasteiger partial charge in [0.25, 0.3) is 0 Å². The zero-order valence-corrected chi connectivity index (χ0v) is 9.99. The molecule has 0 saturated heterocycles. The molecule has 0 bridgehead atoms. The average molecular weight is 245 g/mol. The lowest BCUT2D eigenvalue weighted by Gasteiger charge is -2.12. The highest BCUT2D eigenvalue weighted by Gasteiger charge is 2.25. The van der Waals surface area contributed by atoms with E-state index in [1.807, 2.05) is 0 Å². The van der Waals surface area contributed by atoms with E-state index >= 15 is 0 Å². The Morgan fingerprint density at radius 3 is 2.56 bits per heavy atom. The van der Waals surface area contributed by atoms with Crippen LogP contribution in [0.15, 0.2) is 23.1 Å². The standard InChI is InChI=1S/C10H15NO4S/c1-7-5-8(15-2)3-4-9(7)16(13,14)10(12)6-11/h3-5,10,12H,6,11H2,1-2H3. The summed E-state index contributed by atoms with van der Waals surface area (Å²) in [6, 6.07) is 4.53. The summed E-state index contributed by atoms with van der Waals surface area (Å²) in [4.78, 5) is 0.0752. The molecule has 0 aliphatic carbocycles. The third-order valence-corrected chi connectivity index (χ3v) is 4.23. The van der Waals surface area contributed by atoms with Crippen molar-refractivity contribution in [2.75, 3.05) is 13.7 Å². The number of aliphatic hydroxyl groups is 1. The molecule has 0 fully saturated rings. The van der Waals surface area contributed by atoms with Crippen molar-refractivity contribution in [3.63, 3.8) is 0 Å². The molecule has 0 aromatic heterocycles. The number of ether oxygens (including phenoxy) is 1. The predicted octanol–water partition coefficient (Wildman–Crippen LogP) is 0.0544. The number of hydrogen-bond donors (Lipinski definition) is 2. The second-order valence-electron chi connectivity index (χ2n) is 3.37. The summed E-state index contributed by atoms with van der Waals surface area (Å²) in [6.45, 7) is 1.31. The average Bonchev–Trinajstić information content (AvgIpc) is 2.27. The van der Waals surface area contributed by atoms with Crippen LogP contribution in [-0.4, -0.2) is 32.6 Å². The van der Waals surface area contributed by atoms with Crippen molar-refractivity contribution in [2.24, 2.45) is 5.73 Å². The van der Waals surface area contributed by atoms with Crippen molar-refractivity contribution in [1.29, 1.82) is 0 Å². The summed E-state index contributed by atoms with van der Waals surface area (Å²) in [5, 5.41) is 9.35. The van der Waals surface area contributed by atoms with E-state index < -0.39 is 15.3 Å². The van der Waals surface area contributed by atoms with Crippen molar-refractivity contribution in [2.45, 2.75) is 17.3 Å². The van der Waals surface area contributed by atoms with Crippen molar-refractivity contribution in [3.8, 4) is 5.75 Å². The lowest BCUT2D eigenvalue weighted by Crippen LogP contribution is -2.29. The first-order valence-corrected chi connectivity index (χ1v) is 6.24. The normalized spacial score (nSPS) is 13.5. The van der Waals surface area contributed by atoms with Gasteiger partial charge in [-0.3, -0.25) is 0 Å². The fourth-order valence-corrected chi connectivity index (χ4v) is 2.65. The fourth-order valence-electron chi connectivity index (χ4n) is 1.34. The number of rotatable bonds is 4. The lowest BCUT2D eigenvalue weighted by atomic mass is 10.2. The fraction of sp³-hybridized carbons (Fsp3) is 0.400. The van der Waals surface area contributed by atoms with Gasteiger partial charge in [0.05, 0.1) is 12.0 Å². The topological polar surface area (TPSA) is 89.6 Å². The van der Waals surface area contributed by atoms with Crippen molar-refractivity contribution >= 4 is 9.84 Å². The molecule has 0 amide bonds. The Morgan fingerprint density at radius 2 is 2.12 bits per heavy atom. The van der Waals surface area contributed by atoms with Crippen LogP contribution >= 0.6 is 0 Å². The van der Waals surface area contributed by atoms with Crippen LogP contribution in [-0.2, 0) is 9.84 Å². The van der Waals surface area contributed by atoms with E-state index in [0.717, 1.165) is 0 Å². The largest absolute Gasteiger partial charge is 0.497 e. The smallest absolute Gasteiger partial charge is 0.206 e. The van der Waals surface area contributed by atoms with E-state index in [1.54, 1.807) is 13.0 Å². The minimum Gasteiger partial charge on any atom is -0.497 e. The highest BCUT2D eigenvalue weighted by atomic mass is 32.2. The van der Waals surface area contributed by atoms with Crippen LogP contribution in [0.25, 0.3) is 0 Å². The molecule has 5 nitrogen and oxygen atoms in total. The van der Waals surface area contributed by atoms with Gasteiger partial charge in [-0.15, -0.1) is 0 Å². The molecular weight excluding hydrogens is 230 g/mol. The molecule has 6 heteroatoms. The lowest BCUT2D eigenvalue weighted by molar-refractivity contribution is 0.256. The number of methoxy groups -OCH3 is 1. The minimum atomic E-state index is -3.77. The van der Waals surface area contributed by atoms with Gasteiger partial charge in [-0.25, -0.2) is 8.42 Å². The summed E-state index contributed by atoms with van der Waals surface area (Å²) < 4.78 is 28.6. The first-order chi connectivity index (χ1) is 7.43. The number of hydrogen-bond acceptors (Lipinski definition) is 5. The van der Waals surface area contributed by atoms with E-state index in [4.69, 9.17) is 10.5 Å². The van der Waals surface area contributed by atoms with Gasteiger partial charge in [0.2, 0.25) is 9.84 Å². The van der Waals surface area contributed by atoms with E-state index in [9.17, 15) is 13.5 Å². The summed E-state index contributed by atoms with van der Waals surface area (Å²) in [5.74, 6) is 0.568. The van der Waals surface area contributed by atoms with Crippen LogP contribution in [0.1, 0.15) is 5.56 Å². The molecule has 0 aliphatic rings. The monoisotopic (exact) mass is 245 g/mol. The van der Waals surface area contributed by atoms with Crippen LogP contribution < -0.4 is 10.5 Å². The van der Waals surface area contributed by atoms with Crippen LogP contribution in [0.3, 0.4) is 0 Å². The predicted molar refractivity (Wildman–Crippen MR) is 60.0 cm³/mol. The Balaban J connectivity index is 3.24. The highest BCUT2D eigenvalue weighted by molar-refractivity contribution is 7.92. The number of benzene rings is 1. The zero-order valence-electron chi connectivity index (χ0n) is 9.17. The van der Waals surface area contributed by atoms with Crippen LogP contribution in [0.2, 0.25) is 0 Å². The number of aryl methyl sites for hydroxylation is 1.